The summed E-state index contributed by atoms with van der Waals surface area (Å²) in [7, 11) is 2.10. The van der Waals surface area contributed by atoms with Crippen molar-refractivity contribution in [1.29, 1.82) is 0 Å². The highest BCUT2D eigenvalue weighted by Gasteiger charge is 2.16. The summed E-state index contributed by atoms with van der Waals surface area (Å²) in [4.78, 5) is 45.7. The summed E-state index contributed by atoms with van der Waals surface area (Å²) in [6.07, 6.45) is 0. The van der Waals surface area contributed by atoms with Gasteiger partial charge in [-0.25, -0.2) is 0 Å². The lowest BCUT2D eigenvalue weighted by Crippen LogP contribution is -2.31. The van der Waals surface area contributed by atoms with Crippen molar-refractivity contribution in [3.8, 4) is 0 Å². The van der Waals surface area contributed by atoms with Crippen molar-refractivity contribution in [2.24, 2.45) is 0 Å². The van der Waals surface area contributed by atoms with Gasteiger partial charge in [-0.2, -0.15) is 0 Å². The maximum atomic E-state index is 11.8. The van der Waals surface area contributed by atoms with Crippen LogP contribution in [0.4, 0.5) is 9.59 Å². The number of hydrogen-bond acceptors (Lipinski definition) is 5. The molecule has 0 unspecified atom stereocenters. The summed E-state index contributed by atoms with van der Waals surface area (Å²) in [5.74, 6) is -1.82. The minimum Gasteiger partial charge on any atom is -0.411 e. The Hall–Kier alpha value is -2.37. The van der Waals surface area contributed by atoms with Crippen LogP contribution < -0.4 is 10.9 Å². The molecule has 9 heteroatoms. The van der Waals surface area contributed by atoms with Crippen LogP contribution in [-0.4, -0.2) is 36.8 Å². The van der Waals surface area contributed by atoms with Gasteiger partial charge in [0.2, 0.25) is 0 Å². The molecule has 0 N–H and O–H groups in total. The molecule has 2 rings (SSSR count). The molecule has 0 atom stereocenters. The van der Waals surface area contributed by atoms with E-state index in [0.29, 0.717) is 10.9 Å². The van der Waals surface area contributed by atoms with E-state index in [9.17, 15) is 19.2 Å². The van der Waals surface area contributed by atoms with Gasteiger partial charge in [0.1, 0.15) is 0 Å². The molecule has 2 aromatic rings. The maximum absolute atomic E-state index is 11.8. The van der Waals surface area contributed by atoms with Gasteiger partial charge >= 0.3 is 0 Å². The van der Waals surface area contributed by atoms with E-state index in [0.717, 1.165) is 14.6 Å². The van der Waals surface area contributed by atoms with E-state index in [-0.39, 0.29) is 11.1 Å². The highest BCUT2D eigenvalue weighted by atomic mass is 35.5. The van der Waals surface area contributed by atoms with Gasteiger partial charge in [-0.15, -0.1) is 0 Å². The maximum Gasteiger partial charge on any atom is 0.300 e. The van der Waals surface area contributed by atoms with Gasteiger partial charge in [-0.1, -0.05) is 59.5 Å². The molecular formula is C16H8B2Cl2O5. The SMILES string of the molecule is O=C([B]c1cccc(C(=O)Cl)c1)OC(=O)[B]c1cccc(C(=O)Cl)c1. The molecule has 0 saturated heterocycles. The van der Waals surface area contributed by atoms with Crippen LogP contribution >= 0.6 is 23.2 Å². The number of hydrogen-bond donors (Lipinski definition) is 0. The van der Waals surface area contributed by atoms with Crippen LogP contribution in [0, 0.1) is 0 Å². The molecule has 0 amide bonds. The second-order valence-corrected chi connectivity index (χ2v) is 5.51. The molecule has 0 fully saturated rings. The first-order valence-electron chi connectivity index (χ1n) is 6.90. The fourth-order valence-corrected chi connectivity index (χ4v) is 2.17. The van der Waals surface area contributed by atoms with Crippen LogP contribution in [0.25, 0.3) is 0 Å². The number of carbonyl (C=O) groups excluding carboxylic acids is 4. The lowest BCUT2D eigenvalue weighted by molar-refractivity contribution is 0.107. The molecule has 2 radical (unpaired) electrons. The minimum absolute atomic E-state index is 0.212. The summed E-state index contributed by atoms with van der Waals surface area (Å²) in [5, 5.41) is -1.33. The summed E-state index contributed by atoms with van der Waals surface area (Å²) in [6.45, 7) is 0. The van der Waals surface area contributed by atoms with Crippen molar-refractivity contribution in [2.75, 3.05) is 0 Å². The number of benzene rings is 2. The number of rotatable bonds is 6. The molecule has 0 aliphatic heterocycles. The van der Waals surface area contributed by atoms with E-state index in [1.54, 1.807) is 12.1 Å². The first kappa shape index (κ1) is 19.0. The fourth-order valence-electron chi connectivity index (χ4n) is 1.93. The average Bonchev–Trinajstić information content (AvgIpc) is 2.54. The van der Waals surface area contributed by atoms with E-state index in [1.165, 1.54) is 36.4 Å². The summed E-state index contributed by atoms with van der Waals surface area (Å²) in [6, 6.07) is 11.9. The fraction of sp³-hybridized carbons (Fsp3) is 0. The summed E-state index contributed by atoms with van der Waals surface area (Å²) in [5.41, 5.74) is 1.14. The van der Waals surface area contributed by atoms with E-state index < -0.39 is 22.2 Å². The Morgan fingerprint density at radius 2 is 1.12 bits per heavy atom. The molecule has 2 aromatic carbocycles. The molecule has 122 valence electrons. The summed E-state index contributed by atoms with van der Waals surface area (Å²) < 4.78 is 4.63. The second-order valence-electron chi connectivity index (χ2n) is 4.83. The van der Waals surface area contributed by atoms with Crippen molar-refractivity contribution in [1.82, 2.24) is 0 Å². The number of halogens is 2. The Balaban J connectivity index is 1.95. The quantitative estimate of drug-likeness (QED) is 0.440. The van der Waals surface area contributed by atoms with Gasteiger partial charge < -0.3 is 4.74 Å². The predicted molar refractivity (Wildman–Crippen MR) is 95.9 cm³/mol. The summed E-state index contributed by atoms with van der Waals surface area (Å²) >= 11 is 10.7. The van der Waals surface area contributed by atoms with E-state index in [4.69, 9.17) is 23.2 Å². The Kier molecular flexibility index (Phi) is 6.56. The third-order valence-corrected chi connectivity index (χ3v) is 3.43. The number of ether oxygens (including phenoxy) is 1. The third kappa shape index (κ3) is 5.89. The molecule has 0 bridgehead atoms. The topological polar surface area (TPSA) is 77.5 Å². The molecular weight excluding hydrogens is 365 g/mol. The van der Waals surface area contributed by atoms with Crippen LogP contribution in [0.15, 0.2) is 48.5 Å². The van der Waals surface area contributed by atoms with Crippen LogP contribution in [0.3, 0.4) is 0 Å². The normalized spacial score (nSPS) is 9.84. The molecule has 5 nitrogen and oxygen atoms in total. The van der Waals surface area contributed by atoms with Crippen molar-refractivity contribution in [3.05, 3.63) is 59.7 Å². The van der Waals surface area contributed by atoms with Gasteiger partial charge in [0.05, 0.1) is 0 Å². The smallest absolute Gasteiger partial charge is 0.300 e. The third-order valence-electron chi connectivity index (χ3n) is 3.00. The monoisotopic (exact) mass is 372 g/mol. The number of carbonyl (C=O) groups is 4. The molecule has 0 aliphatic carbocycles. The van der Waals surface area contributed by atoms with Gasteiger partial charge in [-0.3, -0.25) is 19.2 Å². The molecule has 0 aromatic heterocycles. The Morgan fingerprint density at radius 1 is 0.720 bits per heavy atom. The van der Waals surface area contributed by atoms with Crippen LogP contribution in [-0.2, 0) is 4.74 Å². The molecule has 25 heavy (non-hydrogen) atoms. The molecule has 0 spiro atoms. The highest BCUT2D eigenvalue weighted by molar-refractivity contribution is 6.87. The van der Waals surface area contributed by atoms with Crippen molar-refractivity contribution in [2.45, 2.75) is 0 Å². The zero-order chi connectivity index (χ0) is 18.4. The first-order chi connectivity index (χ1) is 11.8. The first-order valence-corrected chi connectivity index (χ1v) is 7.66. The van der Waals surface area contributed by atoms with Crippen LogP contribution in [0.1, 0.15) is 20.7 Å². The predicted octanol–water partition coefficient (Wildman–Crippen LogP) is 2.06. The Morgan fingerprint density at radius 3 is 1.48 bits per heavy atom. The standard InChI is InChI=1S/C16H8B2Cl2O5/c19-13(21)9-3-1-5-11(7-9)17-15(23)25-16(24)18-12-6-2-4-10(8-12)14(20)22/h1-8H. The molecule has 0 saturated carbocycles. The second kappa shape index (κ2) is 8.65. The molecule has 0 aliphatic rings. The van der Waals surface area contributed by atoms with Gasteiger partial charge in [-0.05, 0) is 23.2 Å². The van der Waals surface area contributed by atoms with E-state index >= 15 is 0 Å². The van der Waals surface area contributed by atoms with E-state index in [2.05, 4.69) is 4.74 Å². The van der Waals surface area contributed by atoms with Gasteiger partial charge in [0.15, 0.2) is 0 Å². The van der Waals surface area contributed by atoms with Crippen molar-refractivity contribution in [3.63, 3.8) is 0 Å². The molecule has 0 heterocycles. The zero-order valence-electron chi connectivity index (χ0n) is 12.6. The largest absolute Gasteiger partial charge is 0.411 e. The lowest BCUT2D eigenvalue weighted by Gasteiger charge is -2.04. The highest BCUT2D eigenvalue weighted by Crippen LogP contribution is 2.02. The minimum atomic E-state index is -0.912. The van der Waals surface area contributed by atoms with Crippen LogP contribution in [0.2, 0.25) is 0 Å². The van der Waals surface area contributed by atoms with Crippen molar-refractivity contribution >= 4 is 70.9 Å². The van der Waals surface area contributed by atoms with Crippen LogP contribution in [0.5, 0.6) is 0 Å². The zero-order valence-corrected chi connectivity index (χ0v) is 14.1. The Labute approximate surface area is 154 Å². The van der Waals surface area contributed by atoms with Gasteiger partial charge in [0, 0.05) is 11.1 Å². The van der Waals surface area contributed by atoms with E-state index in [1.807, 2.05) is 0 Å². The van der Waals surface area contributed by atoms with Gasteiger partial charge in [0.25, 0.3) is 36.8 Å². The lowest BCUT2D eigenvalue weighted by atomic mass is 9.68. The Bertz CT molecular complexity index is 784. The average molecular weight is 373 g/mol. The van der Waals surface area contributed by atoms with Crippen molar-refractivity contribution < 1.29 is 23.9 Å².